The van der Waals surface area contributed by atoms with E-state index in [1.807, 2.05) is 66.7 Å². The molecule has 9 rings (SSSR count). The lowest BCUT2D eigenvalue weighted by atomic mass is 9.78. The van der Waals surface area contributed by atoms with Crippen LogP contribution in [0.4, 0.5) is 21.9 Å². The van der Waals surface area contributed by atoms with E-state index < -0.39 is 6.16 Å². The van der Waals surface area contributed by atoms with E-state index >= 15 is 0 Å². The Hall–Kier alpha value is -8.16. The van der Waals surface area contributed by atoms with Crippen molar-refractivity contribution in [3.63, 3.8) is 0 Å². The first-order chi connectivity index (χ1) is 32.4. The number of para-hydroxylation sites is 1. The van der Waals surface area contributed by atoms with Crippen molar-refractivity contribution in [2.24, 2.45) is 0 Å². The second kappa shape index (κ2) is 18.4. The third kappa shape index (κ3) is 9.22. The molecule has 0 bridgehead atoms. The van der Waals surface area contributed by atoms with Crippen LogP contribution in [0.25, 0.3) is 22.8 Å². The first-order valence-electron chi connectivity index (χ1n) is 22.3. The summed E-state index contributed by atoms with van der Waals surface area (Å²) >= 11 is 0. The van der Waals surface area contributed by atoms with Crippen molar-refractivity contribution >= 4 is 40.8 Å². The summed E-state index contributed by atoms with van der Waals surface area (Å²) in [4.78, 5) is 26.7. The molecule has 332 valence electrons. The van der Waals surface area contributed by atoms with Gasteiger partial charge in [-0.25, -0.2) is 4.79 Å². The lowest BCUT2D eigenvalue weighted by Gasteiger charge is -2.28. The molecule has 0 aliphatic heterocycles. The number of carbonyl (C=O) groups is 2. The molecule has 0 atom stereocenters. The van der Waals surface area contributed by atoms with Crippen LogP contribution in [0.2, 0.25) is 0 Å². The Morgan fingerprint density at radius 3 is 1.55 bits per heavy atom. The molecule has 0 N–H and O–H groups in total. The van der Waals surface area contributed by atoms with Crippen molar-refractivity contribution in [1.29, 1.82) is 0 Å². The van der Waals surface area contributed by atoms with Gasteiger partial charge in [-0.1, -0.05) is 137 Å². The van der Waals surface area contributed by atoms with E-state index in [-0.39, 0.29) is 16.8 Å². The van der Waals surface area contributed by atoms with Gasteiger partial charge in [0.2, 0.25) is 0 Å². The van der Waals surface area contributed by atoms with Gasteiger partial charge in [0.25, 0.3) is 0 Å². The van der Waals surface area contributed by atoms with Gasteiger partial charge in [0.05, 0.1) is 7.11 Å². The van der Waals surface area contributed by atoms with Crippen LogP contribution in [0.1, 0.15) is 73.6 Å². The van der Waals surface area contributed by atoms with Crippen molar-refractivity contribution in [2.75, 3.05) is 12.0 Å². The second-order valence-corrected chi connectivity index (χ2v) is 17.7. The summed E-state index contributed by atoms with van der Waals surface area (Å²) in [6, 6.07) is 64.9. The lowest BCUT2D eigenvalue weighted by molar-refractivity contribution is -0.131. The SMILES string of the molecule is COc1ccc(C(=Cc2ccc(N(c3ccccc3)c3ccc4c(c3)C(C)(C)c3ccccc3-4)cc2)c2ccc(OC(=O)Oc3ccc(C(C)(C)c4ccc(OC(C)=O)cc4)cc3)cc2)cc1. The highest BCUT2D eigenvalue weighted by molar-refractivity contribution is 5.92. The highest BCUT2D eigenvalue weighted by Gasteiger charge is 2.35. The number of benzene rings is 8. The summed E-state index contributed by atoms with van der Waals surface area (Å²) in [7, 11) is 1.66. The fraction of sp³-hybridized carbons (Fsp3) is 0.133. The fourth-order valence-electron chi connectivity index (χ4n) is 8.97. The van der Waals surface area contributed by atoms with Crippen molar-refractivity contribution in [3.8, 4) is 34.1 Å². The van der Waals surface area contributed by atoms with Gasteiger partial charge in [-0.2, -0.15) is 0 Å². The number of fused-ring (bicyclic) bond motifs is 3. The molecule has 0 aromatic heterocycles. The zero-order valence-corrected chi connectivity index (χ0v) is 38.4. The van der Waals surface area contributed by atoms with Crippen LogP contribution in [-0.2, 0) is 15.6 Å². The Kier molecular flexibility index (Phi) is 12.1. The quantitative estimate of drug-likeness (QED) is 0.0524. The number of methoxy groups -OCH3 is 1. The van der Waals surface area contributed by atoms with E-state index in [0.29, 0.717) is 17.2 Å². The summed E-state index contributed by atoms with van der Waals surface area (Å²) in [5.74, 6) is 1.60. The van der Waals surface area contributed by atoms with E-state index in [2.05, 4.69) is 130 Å². The highest BCUT2D eigenvalue weighted by Crippen LogP contribution is 2.50. The van der Waals surface area contributed by atoms with Gasteiger partial charge in [0.1, 0.15) is 23.0 Å². The van der Waals surface area contributed by atoms with Gasteiger partial charge in [0.15, 0.2) is 0 Å². The molecule has 7 nitrogen and oxygen atoms in total. The Morgan fingerprint density at radius 2 is 0.985 bits per heavy atom. The molecule has 0 radical (unpaired) electrons. The normalized spacial score (nSPS) is 12.7. The Bertz CT molecular complexity index is 3080. The van der Waals surface area contributed by atoms with E-state index in [4.69, 9.17) is 18.9 Å². The number of nitrogens with zero attached hydrogens (tertiary/aromatic N) is 1. The Morgan fingerprint density at radius 1 is 0.507 bits per heavy atom. The second-order valence-electron chi connectivity index (χ2n) is 17.7. The minimum absolute atomic E-state index is 0.123. The smallest absolute Gasteiger partial charge is 0.497 e. The Labute approximate surface area is 392 Å². The molecule has 0 heterocycles. The molecule has 8 aromatic carbocycles. The van der Waals surface area contributed by atoms with Crippen molar-refractivity contribution in [2.45, 2.75) is 45.4 Å². The van der Waals surface area contributed by atoms with E-state index in [1.54, 1.807) is 43.5 Å². The van der Waals surface area contributed by atoms with Crippen LogP contribution < -0.4 is 23.8 Å². The first-order valence-corrected chi connectivity index (χ1v) is 22.3. The summed E-state index contributed by atoms with van der Waals surface area (Å²) in [6.07, 6.45) is 1.32. The minimum atomic E-state index is -0.843. The fourth-order valence-corrected chi connectivity index (χ4v) is 8.97. The van der Waals surface area contributed by atoms with Gasteiger partial charge < -0.3 is 23.8 Å². The zero-order chi connectivity index (χ0) is 46.7. The lowest BCUT2D eigenvalue weighted by Crippen LogP contribution is -2.19. The number of carbonyl (C=O) groups excluding carboxylic acids is 2. The summed E-state index contributed by atoms with van der Waals surface area (Å²) < 4.78 is 21.9. The van der Waals surface area contributed by atoms with Crippen LogP contribution >= 0.6 is 0 Å². The van der Waals surface area contributed by atoms with Gasteiger partial charge in [-0.15, -0.1) is 0 Å². The number of hydrogen-bond acceptors (Lipinski definition) is 7. The third-order valence-electron chi connectivity index (χ3n) is 12.7. The van der Waals surface area contributed by atoms with E-state index in [1.165, 1.54) is 29.2 Å². The van der Waals surface area contributed by atoms with Crippen molar-refractivity contribution in [3.05, 3.63) is 233 Å². The maximum Gasteiger partial charge on any atom is 0.519 e. The molecule has 8 aromatic rings. The highest BCUT2D eigenvalue weighted by atomic mass is 16.7. The third-order valence-corrected chi connectivity index (χ3v) is 12.7. The van der Waals surface area contributed by atoms with Crippen LogP contribution in [0.3, 0.4) is 0 Å². The average molecular weight is 882 g/mol. The monoisotopic (exact) mass is 881 g/mol. The standard InChI is InChI=1S/C60H51NO6/c1-40(62)65-50-33-22-44(23-34-50)59(2,3)45-24-35-52(36-25-45)67-58(63)66-51-31-20-43(21-32-51)55(42-18-29-49(64-6)30-19-42)38-41-16-26-47(27-17-41)61(46-12-8-7-9-13-46)48-28-37-54-53-14-10-11-15-56(53)60(4,5)57(54)39-48/h7-39H,1-6H3. The van der Waals surface area contributed by atoms with Gasteiger partial charge >= 0.3 is 12.1 Å². The first kappa shape index (κ1) is 44.1. The van der Waals surface area contributed by atoms with Crippen LogP contribution in [0.5, 0.6) is 23.0 Å². The molecule has 0 saturated heterocycles. The molecular weight excluding hydrogens is 831 g/mol. The van der Waals surface area contributed by atoms with Gasteiger partial charge in [0, 0.05) is 34.8 Å². The predicted molar refractivity (Wildman–Crippen MR) is 268 cm³/mol. The van der Waals surface area contributed by atoms with E-state index in [0.717, 1.165) is 56.2 Å². The van der Waals surface area contributed by atoms with Crippen molar-refractivity contribution < 1.29 is 28.5 Å². The number of ether oxygens (including phenoxy) is 4. The van der Waals surface area contributed by atoms with E-state index in [9.17, 15) is 9.59 Å². The average Bonchev–Trinajstić information content (AvgIpc) is 3.57. The zero-order valence-electron chi connectivity index (χ0n) is 38.4. The summed E-state index contributed by atoms with van der Waals surface area (Å²) in [5, 5.41) is 0. The number of esters is 1. The molecule has 0 unspecified atom stereocenters. The molecule has 67 heavy (non-hydrogen) atoms. The predicted octanol–water partition coefficient (Wildman–Crippen LogP) is 14.9. The molecular formula is C60H51NO6. The van der Waals surface area contributed by atoms with Crippen molar-refractivity contribution in [1.82, 2.24) is 0 Å². The molecule has 7 heteroatoms. The van der Waals surface area contributed by atoms with Gasteiger partial charge in [-0.3, -0.25) is 4.79 Å². The molecule has 0 saturated carbocycles. The summed E-state index contributed by atoms with van der Waals surface area (Å²) in [6.45, 7) is 10.2. The largest absolute Gasteiger partial charge is 0.519 e. The summed E-state index contributed by atoms with van der Waals surface area (Å²) in [5.41, 5.74) is 14.0. The van der Waals surface area contributed by atoms with Crippen LogP contribution in [-0.4, -0.2) is 19.2 Å². The van der Waals surface area contributed by atoms with Gasteiger partial charge in [-0.05, 0) is 147 Å². The molecule has 0 fully saturated rings. The molecule has 1 aliphatic rings. The minimum Gasteiger partial charge on any atom is -0.497 e. The maximum atomic E-state index is 13.0. The number of anilines is 3. The number of rotatable bonds is 12. The molecule has 0 amide bonds. The molecule has 1 aliphatic carbocycles. The van der Waals surface area contributed by atoms with Crippen LogP contribution in [0.15, 0.2) is 194 Å². The van der Waals surface area contributed by atoms with Crippen LogP contribution in [0, 0.1) is 0 Å². The topological polar surface area (TPSA) is 74.3 Å². The maximum absolute atomic E-state index is 13.0. The Balaban J connectivity index is 0.938. The number of hydrogen-bond donors (Lipinski definition) is 0. The molecule has 0 spiro atoms.